The lowest BCUT2D eigenvalue weighted by molar-refractivity contribution is -0.151. The van der Waals surface area contributed by atoms with Gasteiger partial charge in [0, 0.05) is 6.42 Å². The normalized spacial score (nSPS) is 10.2. The zero-order chi connectivity index (χ0) is 12.1. The predicted molar refractivity (Wildman–Crippen MR) is 61.3 cm³/mol. The molecule has 0 spiro atoms. The number of ketones is 1. The van der Waals surface area contributed by atoms with Gasteiger partial charge in [0.25, 0.3) is 0 Å². The fraction of sp³-hybridized carbons (Fsp3) is 0.385. The molecule has 0 aromatic heterocycles. The van der Waals surface area contributed by atoms with Crippen LogP contribution in [0.5, 0.6) is 0 Å². The van der Waals surface area contributed by atoms with Gasteiger partial charge in [-0.1, -0.05) is 38.1 Å². The number of esters is 1. The van der Waals surface area contributed by atoms with Gasteiger partial charge in [0.1, 0.15) is 0 Å². The molecule has 86 valence electrons. The van der Waals surface area contributed by atoms with Crippen LogP contribution in [0.2, 0.25) is 0 Å². The molecule has 1 aromatic rings. The third-order valence-corrected chi connectivity index (χ3v) is 2.42. The maximum absolute atomic E-state index is 11.3. The maximum atomic E-state index is 11.3. The molecule has 3 heteroatoms. The summed E-state index contributed by atoms with van der Waals surface area (Å²) < 4.78 is 4.36. The van der Waals surface area contributed by atoms with Crippen LogP contribution in [0.1, 0.15) is 30.9 Å². The highest BCUT2D eigenvalue weighted by Crippen LogP contribution is 2.15. The highest BCUT2D eigenvalue weighted by atomic mass is 16.5. The van der Waals surface area contributed by atoms with Crippen molar-refractivity contribution in [1.82, 2.24) is 0 Å². The van der Waals surface area contributed by atoms with E-state index in [-0.39, 0.29) is 6.42 Å². The Morgan fingerprint density at radius 2 is 1.75 bits per heavy atom. The molecule has 0 aliphatic rings. The first-order chi connectivity index (χ1) is 7.54. The Morgan fingerprint density at radius 3 is 2.19 bits per heavy atom. The molecule has 0 heterocycles. The minimum absolute atomic E-state index is 0.102. The molecule has 0 amide bonds. The number of hydrogen-bond acceptors (Lipinski definition) is 3. The average Bonchev–Trinajstić information content (AvgIpc) is 2.28. The molecule has 0 unspecified atom stereocenters. The number of benzene rings is 1. The average molecular weight is 220 g/mol. The summed E-state index contributed by atoms with van der Waals surface area (Å²) in [5, 5.41) is 0. The van der Waals surface area contributed by atoms with Crippen molar-refractivity contribution in [3.8, 4) is 0 Å². The summed E-state index contributed by atoms with van der Waals surface area (Å²) in [5.74, 6) is -0.835. The van der Waals surface area contributed by atoms with E-state index in [2.05, 4.69) is 18.6 Å². The van der Waals surface area contributed by atoms with Gasteiger partial charge in [-0.2, -0.15) is 0 Å². The van der Waals surface area contributed by atoms with E-state index in [1.54, 1.807) is 0 Å². The summed E-state index contributed by atoms with van der Waals surface area (Å²) in [5.41, 5.74) is 2.05. The van der Waals surface area contributed by atoms with Gasteiger partial charge in [0.05, 0.1) is 7.11 Å². The molecule has 0 atom stereocenters. The van der Waals surface area contributed by atoms with Crippen LogP contribution in [0.4, 0.5) is 0 Å². The molecule has 0 N–H and O–H groups in total. The van der Waals surface area contributed by atoms with E-state index in [1.807, 2.05) is 24.3 Å². The van der Waals surface area contributed by atoms with Crippen molar-refractivity contribution in [3.05, 3.63) is 35.4 Å². The fourth-order valence-electron chi connectivity index (χ4n) is 1.39. The Morgan fingerprint density at radius 1 is 1.19 bits per heavy atom. The molecule has 16 heavy (non-hydrogen) atoms. The molecule has 1 aromatic carbocycles. The molecule has 3 nitrogen and oxygen atoms in total. The second-order valence-electron chi connectivity index (χ2n) is 3.99. The first kappa shape index (κ1) is 12.4. The van der Waals surface area contributed by atoms with Crippen molar-refractivity contribution in [3.63, 3.8) is 0 Å². The van der Waals surface area contributed by atoms with Gasteiger partial charge >= 0.3 is 5.97 Å². The minimum atomic E-state index is -0.784. The van der Waals surface area contributed by atoms with Gasteiger partial charge in [-0.3, -0.25) is 4.79 Å². The second-order valence-corrected chi connectivity index (χ2v) is 3.99. The Hall–Kier alpha value is -1.64. The van der Waals surface area contributed by atoms with E-state index in [9.17, 15) is 9.59 Å². The smallest absolute Gasteiger partial charge is 0.374 e. The highest BCUT2D eigenvalue weighted by Gasteiger charge is 2.14. The lowest BCUT2D eigenvalue weighted by Crippen LogP contribution is -2.17. The van der Waals surface area contributed by atoms with Crippen LogP contribution < -0.4 is 0 Å². The monoisotopic (exact) mass is 220 g/mol. The summed E-state index contributed by atoms with van der Waals surface area (Å²) in [6.45, 7) is 4.21. The topological polar surface area (TPSA) is 43.4 Å². The van der Waals surface area contributed by atoms with Gasteiger partial charge in [0.2, 0.25) is 5.78 Å². The quantitative estimate of drug-likeness (QED) is 0.576. The maximum Gasteiger partial charge on any atom is 0.374 e. The number of rotatable bonds is 4. The summed E-state index contributed by atoms with van der Waals surface area (Å²) in [6.07, 6.45) is 0.102. The van der Waals surface area contributed by atoms with Crippen molar-refractivity contribution in [2.75, 3.05) is 7.11 Å². The van der Waals surface area contributed by atoms with Crippen molar-refractivity contribution in [2.45, 2.75) is 26.2 Å². The van der Waals surface area contributed by atoms with Crippen LogP contribution in [-0.4, -0.2) is 18.9 Å². The largest absolute Gasteiger partial charge is 0.463 e. The Balaban J connectivity index is 2.69. The number of ether oxygens (including phenoxy) is 1. The third kappa shape index (κ3) is 3.19. The SMILES string of the molecule is COC(=O)C(=O)Cc1ccc(C(C)C)cc1. The van der Waals surface area contributed by atoms with E-state index >= 15 is 0 Å². The summed E-state index contributed by atoms with van der Waals surface area (Å²) >= 11 is 0. The van der Waals surface area contributed by atoms with Crippen LogP contribution in [0.15, 0.2) is 24.3 Å². The number of carbonyl (C=O) groups is 2. The van der Waals surface area contributed by atoms with E-state index < -0.39 is 11.8 Å². The second kappa shape index (κ2) is 5.45. The van der Waals surface area contributed by atoms with E-state index in [0.29, 0.717) is 5.92 Å². The summed E-state index contributed by atoms with van der Waals surface area (Å²) in [4.78, 5) is 22.2. The molecule has 0 saturated carbocycles. The van der Waals surface area contributed by atoms with Gasteiger partial charge in [-0.15, -0.1) is 0 Å². The molecular formula is C13H16O3. The first-order valence-corrected chi connectivity index (χ1v) is 5.24. The van der Waals surface area contributed by atoms with Gasteiger partial charge in [-0.05, 0) is 17.0 Å². The number of Topliss-reactive ketones (excluding diaryl/α,β-unsaturated/α-hetero) is 1. The number of carbonyl (C=O) groups excluding carboxylic acids is 2. The first-order valence-electron chi connectivity index (χ1n) is 5.24. The van der Waals surface area contributed by atoms with Crippen LogP contribution >= 0.6 is 0 Å². The zero-order valence-corrected chi connectivity index (χ0v) is 9.82. The molecule has 0 bridgehead atoms. The van der Waals surface area contributed by atoms with E-state index in [1.165, 1.54) is 12.7 Å². The Kier molecular flexibility index (Phi) is 4.23. The van der Waals surface area contributed by atoms with E-state index in [4.69, 9.17) is 0 Å². The van der Waals surface area contributed by atoms with Crippen LogP contribution in [-0.2, 0) is 20.7 Å². The van der Waals surface area contributed by atoms with Gasteiger partial charge in [-0.25, -0.2) is 4.79 Å². The molecular weight excluding hydrogens is 204 g/mol. The van der Waals surface area contributed by atoms with Crippen molar-refractivity contribution in [2.24, 2.45) is 0 Å². The minimum Gasteiger partial charge on any atom is -0.463 e. The lowest BCUT2D eigenvalue weighted by atomic mass is 10.00. The number of methoxy groups -OCH3 is 1. The lowest BCUT2D eigenvalue weighted by Gasteiger charge is -2.06. The van der Waals surface area contributed by atoms with Crippen molar-refractivity contribution >= 4 is 11.8 Å². The number of hydrogen-bond donors (Lipinski definition) is 0. The van der Waals surface area contributed by atoms with Crippen LogP contribution in [0.25, 0.3) is 0 Å². The fourth-order valence-corrected chi connectivity index (χ4v) is 1.39. The Bertz CT molecular complexity index is 377. The zero-order valence-electron chi connectivity index (χ0n) is 9.82. The molecule has 0 aliphatic carbocycles. The standard InChI is InChI=1S/C13H16O3/c1-9(2)11-6-4-10(5-7-11)8-12(14)13(15)16-3/h4-7,9H,8H2,1-3H3. The predicted octanol–water partition coefficient (Wildman–Crippen LogP) is 2.09. The summed E-state index contributed by atoms with van der Waals surface area (Å²) in [7, 11) is 1.21. The van der Waals surface area contributed by atoms with Gasteiger partial charge in [0.15, 0.2) is 0 Å². The van der Waals surface area contributed by atoms with Crippen LogP contribution in [0, 0.1) is 0 Å². The summed E-state index contributed by atoms with van der Waals surface area (Å²) in [6, 6.07) is 7.70. The third-order valence-electron chi connectivity index (χ3n) is 2.42. The molecule has 1 rings (SSSR count). The Labute approximate surface area is 95.4 Å². The van der Waals surface area contributed by atoms with Crippen molar-refractivity contribution < 1.29 is 14.3 Å². The molecule has 0 aliphatic heterocycles. The molecule has 0 fully saturated rings. The van der Waals surface area contributed by atoms with Crippen molar-refractivity contribution in [1.29, 1.82) is 0 Å². The molecule has 0 saturated heterocycles. The van der Waals surface area contributed by atoms with E-state index in [0.717, 1.165) is 5.56 Å². The highest BCUT2D eigenvalue weighted by molar-refractivity contribution is 6.34. The van der Waals surface area contributed by atoms with Gasteiger partial charge < -0.3 is 4.74 Å². The molecule has 0 radical (unpaired) electrons. The van der Waals surface area contributed by atoms with Crippen LogP contribution in [0.3, 0.4) is 0 Å².